The van der Waals surface area contributed by atoms with Crippen molar-refractivity contribution >= 4 is 40.0 Å². The molecule has 172 valence electrons. The number of methoxy groups -OCH3 is 1. The number of halogens is 1. The first-order valence-electron chi connectivity index (χ1n) is 9.73. The minimum Gasteiger partial charge on any atom is -0.494 e. The Hall–Kier alpha value is -1.89. The molecule has 0 radical (unpaired) electrons. The van der Waals surface area contributed by atoms with Crippen LogP contribution in [0.3, 0.4) is 0 Å². The van der Waals surface area contributed by atoms with Crippen molar-refractivity contribution in [1.82, 2.24) is 15.4 Å². The third kappa shape index (κ3) is 9.01. The zero-order valence-corrected chi connectivity index (χ0v) is 21.2. The molecule has 0 spiro atoms. The van der Waals surface area contributed by atoms with Crippen molar-refractivity contribution in [1.29, 1.82) is 0 Å². The minimum atomic E-state index is -3.57. The number of sulfonamides is 1. The summed E-state index contributed by atoms with van der Waals surface area (Å²) in [6.07, 6.45) is 0. The van der Waals surface area contributed by atoms with Gasteiger partial charge in [-0.3, -0.25) is 4.99 Å². The SMILES string of the molecule is CCOc1ccccc1CNC(=NC)NCc1cccc(S(=O)(=O)NCCOC)c1.I. The van der Waals surface area contributed by atoms with E-state index in [0.29, 0.717) is 32.3 Å². The Morgan fingerprint density at radius 3 is 2.52 bits per heavy atom. The maximum absolute atomic E-state index is 12.4. The first kappa shape index (κ1) is 27.1. The van der Waals surface area contributed by atoms with Gasteiger partial charge >= 0.3 is 0 Å². The van der Waals surface area contributed by atoms with Gasteiger partial charge in [0.1, 0.15) is 5.75 Å². The summed E-state index contributed by atoms with van der Waals surface area (Å²) in [6, 6.07) is 14.6. The molecule has 0 saturated carbocycles. The van der Waals surface area contributed by atoms with Gasteiger partial charge in [0.2, 0.25) is 10.0 Å². The predicted molar refractivity (Wildman–Crippen MR) is 134 cm³/mol. The average Bonchev–Trinajstić information content (AvgIpc) is 2.75. The molecule has 31 heavy (non-hydrogen) atoms. The summed E-state index contributed by atoms with van der Waals surface area (Å²) in [5.74, 6) is 1.44. The van der Waals surface area contributed by atoms with Crippen LogP contribution < -0.4 is 20.1 Å². The Labute approximate surface area is 201 Å². The van der Waals surface area contributed by atoms with Crippen LogP contribution in [0.25, 0.3) is 0 Å². The lowest BCUT2D eigenvalue weighted by Gasteiger charge is -2.15. The highest BCUT2D eigenvalue weighted by atomic mass is 127. The van der Waals surface area contributed by atoms with Crippen molar-refractivity contribution in [3.8, 4) is 5.75 Å². The molecule has 0 amide bonds. The molecule has 0 saturated heterocycles. The van der Waals surface area contributed by atoms with Crippen LogP contribution in [-0.2, 0) is 27.8 Å². The van der Waals surface area contributed by atoms with E-state index in [9.17, 15) is 8.42 Å². The van der Waals surface area contributed by atoms with Gasteiger partial charge in [-0.05, 0) is 30.7 Å². The highest BCUT2D eigenvalue weighted by Gasteiger charge is 2.13. The number of hydrogen-bond acceptors (Lipinski definition) is 5. The lowest BCUT2D eigenvalue weighted by atomic mass is 10.2. The van der Waals surface area contributed by atoms with Gasteiger partial charge in [0.05, 0.1) is 18.1 Å². The molecule has 0 heterocycles. The first-order valence-corrected chi connectivity index (χ1v) is 11.2. The molecule has 8 nitrogen and oxygen atoms in total. The molecule has 10 heteroatoms. The Morgan fingerprint density at radius 1 is 1.06 bits per heavy atom. The Morgan fingerprint density at radius 2 is 1.81 bits per heavy atom. The molecule has 0 atom stereocenters. The van der Waals surface area contributed by atoms with Gasteiger partial charge in [0.25, 0.3) is 0 Å². The van der Waals surface area contributed by atoms with E-state index in [1.54, 1.807) is 25.2 Å². The minimum absolute atomic E-state index is 0. The zero-order valence-electron chi connectivity index (χ0n) is 18.1. The number of nitrogens with one attached hydrogen (secondary N) is 3. The first-order chi connectivity index (χ1) is 14.5. The number of rotatable bonds is 11. The van der Waals surface area contributed by atoms with E-state index in [2.05, 4.69) is 20.3 Å². The topological polar surface area (TPSA) is 101 Å². The number of ether oxygens (including phenoxy) is 2. The fourth-order valence-corrected chi connectivity index (χ4v) is 3.80. The number of nitrogens with zero attached hydrogens (tertiary/aromatic N) is 1. The van der Waals surface area contributed by atoms with E-state index >= 15 is 0 Å². The molecule has 0 aromatic heterocycles. The van der Waals surface area contributed by atoms with Crippen molar-refractivity contribution in [2.75, 3.05) is 33.9 Å². The van der Waals surface area contributed by atoms with Crippen LogP contribution in [0.1, 0.15) is 18.1 Å². The van der Waals surface area contributed by atoms with Gasteiger partial charge in [0, 0.05) is 39.4 Å². The van der Waals surface area contributed by atoms with Gasteiger partial charge in [-0.25, -0.2) is 13.1 Å². The Balaban J connectivity index is 0.00000480. The third-order valence-corrected chi connectivity index (χ3v) is 5.67. The van der Waals surface area contributed by atoms with Gasteiger partial charge in [0.15, 0.2) is 5.96 Å². The van der Waals surface area contributed by atoms with Crippen LogP contribution in [0.2, 0.25) is 0 Å². The van der Waals surface area contributed by atoms with Crippen molar-refractivity contribution < 1.29 is 17.9 Å². The summed E-state index contributed by atoms with van der Waals surface area (Å²) < 4.78 is 37.8. The predicted octanol–water partition coefficient (Wildman–Crippen LogP) is 2.49. The zero-order chi connectivity index (χ0) is 21.8. The van der Waals surface area contributed by atoms with Crippen molar-refractivity contribution in [2.45, 2.75) is 24.9 Å². The molecular weight excluding hydrogens is 531 g/mol. The standard InChI is InChI=1S/C21H30N4O4S.HI/c1-4-29-20-11-6-5-9-18(20)16-24-21(22-2)23-15-17-8-7-10-19(14-17)30(26,27)25-12-13-28-3;/h5-11,14,25H,4,12-13,15-16H2,1-3H3,(H2,22,23,24);1H. The molecule has 2 aromatic carbocycles. The van der Waals surface area contributed by atoms with Gasteiger partial charge in [-0.15, -0.1) is 24.0 Å². The summed E-state index contributed by atoms with van der Waals surface area (Å²) in [5, 5.41) is 6.45. The molecule has 0 aliphatic carbocycles. The summed E-state index contributed by atoms with van der Waals surface area (Å²) in [4.78, 5) is 4.44. The number of hydrogen-bond donors (Lipinski definition) is 3. The second-order valence-electron chi connectivity index (χ2n) is 6.36. The van der Waals surface area contributed by atoms with E-state index in [0.717, 1.165) is 16.9 Å². The van der Waals surface area contributed by atoms with Crippen LogP contribution in [0.5, 0.6) is 5.75 Å². The van der Waals surface area contributed by atoms with E-state index in [1.165, 1.54) is 7.11 Å². The van der Waals surface area contributed by atoms with E-state index in [4.69, 9.17) is 9.47 Å². The highest BCUT2D eigenvalue weighted by molar-refractivity contribution is 14.0. The molecule has 0 fully saturated rings. The number of benzene rings is 2. The third-order valence-electron chi connectivity index (χ3n) is 4.21. The maximum atomic E-state index is 12.4. The average molecular weight is 562 g/mol. The number of aliphatic imine (C=N–C) groups is 1. The van der Waals surface area contributed by atoms with Crippen LogP contribution >= 0.6 is 24.0 Å². The maximum Gasteiger partial charge on any atom is 0.240 e. The highest BCUT2D eigenvalue weighted by Crippen LogP contribution is 2.17. The molecule has 2 aromatic rings. The normalized spacial score (nSPS) is 11.5. The second kappa shape index (κ2) is 14.2. The smallest absolute Gasteiger partial charge is 0.240 e. The molecule has 0 aliphatic heterocycles. The molecule has 0 unspecified atom stereocenters. The van der Waals surface area contributed by atoms with Crippen LogP contribution in [-0.4, -0.2) is 48.3 Å². The Bertz CT molecular complexity index is 938. The monoisotopic (exact) mass is 562 g/mol. The fourth-order valence-electron chi connectivity index (χ4n) is 2.72. The summed E-state index contributed by atoms with van der Waals surface area (Å²) in [5.41, 5.74) is 1.85. The van der Waals surface area contributed by atoms with Gasteiger partial charge in [-0.2, -0.15) is 0 Å². The lowest BCUT2D eigenvalue weighted by Crippen LogP contribution is -2.36. The van der Waals surface area contributed by atoms with Gasteiger partial charge in [-0.1, -0.05) is 30.3 Å². The number of guanidine groups is 1. The van der Waals surface area contributed by atoms with Crippen LogP contribution in [0.15, 0.2) is 58.4 Å². The van der Waals surface area contributed by atoms with Gasteiger partial charge < -0.3 is 20.1 Å². The van der Waals surface area contributed by atoms with E-state index < -0.39 is 10.0 Å². The molecule has 3 N–H and O–H groups in total. The van der Waals surface area contributed by atoms with Crippen molar-refractivity contribution in [2.24, 2.45) is 4.99 Å². The van der Waals surface area contributed by atoms with Crippen LogP contribution in [0.4, 0.5) is 0 Å². The van der Waals surface area contributed by atoms with Crippen molar-refractivity contribution in [3.05, 3.63) is 59.7 Å². The molecular formula is C21H31IN4O4S. The molecule has 0 bridgehead atoms. The second-order valence-corrected chi connectivity index (χ2v) is 8.12. The van der Waals surface area contributed by atoms with Crippen molar-refractivity contribution in [3.63, 3.8) is 0 Å². The molecule has 2 rings (SSSR count). The summed E-state index contributed by atoms with van der Waals surface area (Å²) in [6.45, 7) is 4.06. The van der Waals surface area contributed by atoms with E-state index in [-0.39, 0.29) is 35.4 Å². The largest absolute Gasteiger partial charge is 0.494 e. The summed E-state index contributed by atoms with van der Waals surface area (Å²) >= 11 is 0. The van der Waals surface area contributed by atoms with Crippen LogP contribution in [0, 0.1) is 0 Å². The quantitative estimate of drug-likeness (QED) is 0.169. The molecule has 0 aliphatic rings. The number of para-hydroxylation sites is 1. The summed E-state index contributed by atoms with van der Waals surface area (Å²) in [7, 11) is -0.364. The van der Waals surface area contributed by atoms with E-state index in [1.807, 2.05) is 37.3 Å². The lowest BCUT2D eigenvalue weighted by molar-refractivity contribution is 0.204. The Kier molecular flexibility index (Phi) is 12.5. The fraction of sp³-hybridized carbons (Fsp3) is 0.381.